The molecule has 9 heteroatoms. The highest BCUT2D eigenvalue weighted by Gasteiger charge is 2.33. The third kappa shape index (κ3) is 6.30. The minimum atomic E-state index is -3.69. The van der Waals surface area contributed by atoms with Crippen molar-refractivity contribution >= 4 is 21.8 Å². The molecule has 1 fully saturated rings. The maximum Gasteiger partial charge on any atom is 0.243 e. The number of rotatable bonds is 9. The molecule has 1 saturated heterocycles. The van der Waals surface area contributed by atoms with E-state index in [2.05, 4.69) is 10.6 Å². The van der Waals surface area contributed by atoms with Gasteiger partial charge in [-0.15, -0.1) is 0 Å². The van der Waals surface area contributed by atoms with E-state index < -0.39 is 15.9 Å². The summed E-state index contributed by atoms with van der Waals surface area (Å²) in [5.41, 5.74) is 1.00. The van der Waals surface area contributed by atoms with Gasteiger partial charge < -0.3 is 15.4 Å². The predicted molar refractivity (Wildman–Crippen MR) is 120 cm³/mol. The summed E-state index contributed by atoms with van der Waals surface area (Å²) >= 11 is 0. The van der Waals surface area contributed by atoms with Crippen LogP contribution < -0.4 is 15.4 Å². The van der Waals surface area contributed by atoms with Gasteiger partial charge in [-0.05, 0) is 42.7 Å². The van der Waals surface area contributed by atoms with E-state index in [1.165, 1.54) is 23.5 Å². The Morgan fingerprint density at radius 2 is 1.78 bits per heavy atom. The molecule has 0 radical (unpaired) electrons. The minimum absolute atomic E-state index is 0.125. The number of carbonyl (C=O) groups excluding carboxylic acids is 2. The van der Waals surface area contributed by atoms with Gasteiger partial charge in [0.1, 0.15) is 5.75 Å². The van der Waals surface area contributed by atoms with Gasteiger partial charge in [0.25, 0.3) is 0 Å². The number of amides is 2. The summed E-state index contributed by atoms with van der Waals surface area (Å²) in [6.45, 7) is 1.15. The Hall–Kier alpha value is -2.91. The number of methoxy groups -OCH3 is 1. The van der Waals surface area contributed by atoms with Crippen molar-refractivity contribution in [3.05, 3.63) is 60.2 Å². The van der Waals surface area contributed by atoms with Crippen molar-refractivity contribution in [2.45, 2.75) is 30.7 Å². The molecular formula is C23H29N3O5S. The second-order valence-corrected chi connectivity index (χ2v) is 9.62. The fraction of sp³-hybridized carbons (Fsp3) is 0.391. The number of piperidine rings is 1. The van der Waals surface area contributed by atoms with Gasteiger partial charge in [0, 0.05) is 32.6 Å². The molecule has 2 amide bonds. The van der Waals surface area contributed by atoms with Crippen LogP contribution in [0.4, 0.5) is 0 Å². The lowest BCUT2D eigenvalue weighted by Gasteiger charge is -2.31. The molecule has 0 aliphatic carbocycles. The van der Waals surface area contributed by atoms with Crippen LogP contribution in [-0.4, -0.2) is 51.3 Å². The van der Waals surface area contributed by atoms with E-state index in [1.807, 2.05) is 30.3 Å². The monoisotopic (exact) mass is 459 g/mol. The fourth-order valence-corrected chi connectivity index (χ4v) is 5.12. The van der Waals surface area contributed by atoms with Crippen LogP contribution in [0.3, 0.4) is 0 Å². The molecule has 0 saturated carbocycles. The van der Waals surface area contributed by atoms with Crippen LogP contribution in [0.2, 0.25) is 0 Å². The Morgan fingerprint density at radius 3 is 2.47 bits per heavy atom. The number of sulfonamides is 1. The number of hydrogen-bond acceptors (Lipinski definition) is 5. The summed E-state index contributed by atoms with van der Waals surface area (Å²) in [6.07, 6.45) is 1.38. The predicted octanol–water partition coefficient (Wildman–Crippen LogP) is 1.92. The van der Waals surface area contributed by atoms with Gasteiger partial charge >= 0.3 is 0 Å². The Bertz CT molecular complexity index is 1010. The lowest BCUT2D eigenvalue weighted by atomic mass is 9.99. The Labute approximate surface area is 189 Å². The molecule has 8 nitrogen and oxygen atoms in total. The summed E-state index contributed by atoms with van der Waals surface area (Å²) in [5, 5.41) is 5.59. The molecule has 0 aromatic heterocycles. The number of carbonyl (C=O) groups is 2. The summed E-state index contributed by atoms with van der Waals surface area (Å²) < 4.78 is 32.3. The van der Waals surface area contributed by atoms with Gasteiger partial charge in [-0.1, -0.05) is 30.3 Å². The van der Waals surface area contributed by atoms with E-state index in [1.54, 1.807) is 12.1 Å². The van der Waals surface area contributed by atoms with Gasteiger partial charge in [0.05, 0.1) is 17.9 Å². The summed E-state index contributed by atoms with van der Waals surface area (Å²) in [4.78, 5) is 24.7. The zero-order valence-electron chi connectivity index (χ0n) is 18.1. The molecule has 3 rings (SSSR count). The highest BCUT2D eigenvalue weighted by atomic mass is 32.2. The standard InChI is InChI=1S/C23H29N3O5S/c1-31-20-9-11-21(12-10-20)32(29,30)26-15-5-8-19(17-26)23(28)24-14-13-22(27)25-16-18-6-3-2-4-7-18/h2-4,6-7,9-12,19H,5,8,13-17H2,1H3,(H,24,28)(H,25,27). The Morgan fingerprint density at radius 1 is 1.06 bits per heavy atom. The molecule has 2 aromatic rings. The molecule has 2 N–H and O–H groups in total. The first-order valence-corrected chi connectivity index (χ1v) is 12.1. The minimum Gasteiger partial charge on any atom is -0.497 e. The van der Waals surface area contributed by atoms with Crippen molar-refractivity contribution in [1.29, 1.82) is 0 Å². The number of ether oxygens (including phenoxy) is 1. The second kappa shape index (κ2) is 11.1. The van der Waals surface area contributed by atoms with Crippen molar-refractivity contribution in [2.24, 2.45) is 5.92 Å². The molecule has 1 unspecified atom stereocenters. The van der Waals surface area contributed by atoms with E-state index in [0.717, 1.165) is 5.56 Å². The Kier molecular flexibility index (Phi) is 8.24. The van der Waals surface area contributed by atoms with Gasteiger partial charge in [0.15, 0.2) is 0 Å². The maximum atomic E-state index is 12.9. The average molecular weight is 460 g/mol. The van der Waals surface area contributed by atoms with E-state index in [-0.39, 0.29) is 36.2 Å². The van der Waals surface area contributed by atoms with Crippen molar-refractivity contribution in [1.82, 2.24) is 14.9 Å². The first kappa shape index (κ1) is 23.7. The third-order valence-corrected chi connectivity index (χ3v) is 7.32. The second-order valence-electron chi connectivity index (χ2n) is 7.68. The average Bonchev–Trinajstić information content (AvgIpc) is 2.83. The quantitative estimate of drug-likeness (QED) is 0.596. The van der Waals surface area contributed by atoms with Gasteiger partial charge in [-0.3, -0.25) is 9.59 Å². The van der Waals surface area contributed by atoms with Crippen molar-refractivity contribution < 1.29 is 22.7 Å². The molecule has 1 atom stereocenters. The van der Waals surface area contributed by atoms with E-state index in [0.29, 0.717) is 31.7 Å². The topological polar surface area (TPSA) is 105 Å². The van der Waals surface area contributed by atoms with Crippen LogP contribution >= 0.6 is 0 Å². The Balaban J connectivity index is 1.46. The fourth-order valence-electron chi connectivity index (χ4n) is 3.60. The summed E-state index contributed by atoms with van der Waals surface area (Å²) in [5.74, 6) is -0.242. The molecule has 0 spiro atoms. The highest BCUT2D eigenvalue weighted by molar-refractivity contribution is 7.89. The lowest BCUT2D eigenvalue weighted by Crippen LogP contribution is -2.45. The SMILES string of the molecule is COc1ccc(S(=O)(=O)N2CCCC(C(=O)NCCC(=O)NCc3ccccc3)C2)cc1. The van der Waals surface area contributed by atoms with Crippen molar-refractivity contribution in [3.63, 3.8) is 0 Å². The van der Waals surface area contributed by atoms with Crippen LogP contribution in [0.5, 0.6) is 5.75 Å². The number of benzene rings is 2. The van der Waals surface area contributed by atoms with E-state index >= 15 is 0 Å². The van der Waals surface area contributed by atoms with Crippen molar-refractivity contribution in [2.75, 3.05) is 26.7 Å². The summed E-state index contributed by atoms with van der Waals surface area (Å²) in [6, 6.07) is 15.8. The number of hydrogen-bond donors (Lipinski definition) is 2. The van der Waals surface area contributed by atoms with Gasteiger partial charge in [-0.25, -0.2) is 8.42 Å². The molecule has 1 aliphatic rings. The molecule has 32 heavy (non-hydrogen) atoms. The van der Waals surface area contributed by atoms with Crippen LogP contribution in [0.1, 0.15) is 24.8 Å². The van der Waals surface area contributed by atoms with E-state index in [4.69, 9.17) is 4.74 Å². The smallest absolute Gasteiger partial charge is 0.243 e. The highest BCUT2D eigenvalue weighted by Crippen LogP contribution is 2.25. The van der Waals surface area contributed by atoms with E-state index in [9.17, 15) is 18.0 Å². The summed E-state index contributed by atoms with van der Waals surface area (Å²) in [7, 11) is -2.17. The lowest BCUT2D eigenvalue weighted by molar-refractivity contribution is -0.126. The zero-order valence-corrected chi connectivity index (χ0v) is 18.9. The molecule has 1 heterocycles. The van der Waals surface area contributed by atoms with Crippen LogP contribution in [0, 0.1) is 5.92 Å². The van der Waals surface area contributed by atoms with Crippen LogP contribution in [0.15, 0.2) is 59.5 Å². The molecule has 2 aromatic carbocycles. The normalized spacial score (nSPS) is 16.8. The van der Waals surface area contributed by atoms with Gasteiger partial charge in [-0.2, -0.15) is 4.31 Å². The third-order valence-electron chi connectivity index (χ3n) is 5.44. The largest absolute Gasteiger partial charge is 0.497 e. The van der Waals surface area contributed by atoms with Crippen LogP contribution in [-0.2, 0) is 26.2 Å². The van der Waals surface area contributed by atoms with Gasteiger partial charge in [0.2, 0.25) is 21.8 Å². The van der Waals surface area contributed by atoms with Crippen LogP contribution in [0.25, 0.3) is 0 Å². The maximum absolute atomic E-state index is 12.9. The van der Waals surface area contributed by atoms with Crippen molar-refractivity contribution in [3.8, 4) is 5.75 Å². The first-order chi connectivity index (χ1) is 15.4. The molecule has 1 aliphatic heterocycles. The zero-order chi connectivity index (χ0) is 23.0. The molecular weight excluding hydrogens is 430 g/mol. The molecule has 172 valence electrons. The first-order valence-electron chi connectivity index (χ1n) is 10.6. The molecule has 0 bridgehead atoms. The number of nitrogens with zero attached hydrogens (tertiary/aromatic N) is 1. The number of nitrogens with one attached hydrogen (secondary N) is 2.